The van der Waals surface area contributed by atoms with Gasteiger partial charge >= 0.3 is 6.18 Å². The number of hydrogen-bond acceptors (Lipinski definition) is 3. The van der Waals surface area contributed by atoms with Crippen molar-refractivity contribution in [2.24, 2.45) is 22.7 Å². The largest absolute Gasteiger partial charge is 0.394 e. The van der Waals surface area contributed by atoms with Crippen molar-refractivity contribution in [1.29, 1.82) is 0 Å². The molecular formula is C16H22F3NO3S. The SMILES string of the molecule is CC1(S(=O)(=O)NC(=O)C23CC4CC(C2)CC(C(F)(F)F)(C4)C3)CC1. The fourth-order valence-corrected chi connectivity index (χ4v) is 7.00. The predicted molar refractivity (Wildman–Crippen MR) is 80.3 cm³/mol. The molecule has 1 N–H and O–H groups in total. The molecule has 4 nitrogen and oxygen atoms in total. The molecule has 4 bridgehead atoms. The van der Waals surface area contributed by atoms with Gasteiger partial charge in [0.15, 0.2) is 0 Å². The van der Waals surface area contributed by atoms with E-state index in [1.807, 2.05) is 0 Å². The van der Waals surface area contributed by atoms with Crippen LogP contribution >= 0.6 is 0 Å². The van der Waals surface area contributed by atoms with Crippen molar-refractivity contribution in [3.05, 3.63) is 0 Å². The molecular weight excluding hydrogens is 343 g/mol. The molecule has 0 aromatic rings. The van der Waals surface area contributed by atoms with E-state index in [9.17, 15) is 26.4 Å². The van der Waals surface area contributed by atoms with Crippen LogP contribution in [0.5, 0.6) is 0 Å². The van der Waals surface area contributed by atoms with Crippen LogP contribution in [-0.4, -0.2) is 25.2 Å². The van der Waals surface area contributed by atoms with E-state index < -0.39 is 37.7 Å². The lowest BCUT2D eigenvalue weighted by Gasteiger charge is -2.61. The van der Waals surface area contributed by atoms with Crippen molar-refractivity contribution in [2.45, 2.75) is 69.2 Å². The number of nitrogens with one attached hydrogen (secondary N) is 1. The van der Waals surface area contributed by atoms with Gasteiger partial charge in [0.25, 0.3) is 0 Å². The summed E-state index contributed by atoms with van der Waals surface area (Å²) in [5.41, 5.74) is -2.97. The maximum atomic E-state index is 13.7. The van der Waals surface area contributed by atoms with Crippen LogP contribution < -0.4 is 4.72 Å². The molecule has 5 rings (SSSR count). The van der Waals surface area contributed by atoms with E-state index in [1.165, 1.54) is 0 Å². The highest BCUT2D eigenvalue weighted by Crippen LogP contribution is 2.69. The van der Waals surface area contributed by atoms with Crippen molar-refractivity contribution >= 4 is 15.9 Å². The molecule has 0 aromatic carbocycles. The Labute approximate surface area is 139 Å². The van der Waals surface area contributed by atoms with Gasteiger partial charge in [-0.05, 0) is 70.1 Å². The van der Waals surface area contributed by atoms with E-state index in [2.05, 4.69) is 4.72 Å². The third kappa shape index (κ3) is 2.17. The Morgan fingerprint density at radius 3 is 2.08 bits per heavy atom. The van der Waals surface area contributed by atoms with Crippen molar-refractivity contribution in [3.8, 4) is 0 Å². The Balaban J connectivity index is 1.64. The standard InChI is InChI=1S/C16H22F3NO3S/c1-13(2-3-13)24(22,23)20-12(21)14-5-10-4-11(6-14)8-15(7-10,9-14)16(17,18)19/h10-11H,2-9H2,1H3,(H,20,21). The van der Waals surface area contributed by atoms with Crippen molar-refractivity contribution < 1.29 is 26.4 Å². The Morgan fingerprint density at radius 2 is 1.62 bits per heavy atom. The van der Waals surface area contributed by atoms with E-state index in [1.54, 1.807) is 6.92 Å². The number of amides is 1. The van der Waals surface area contributed by atoms with E-state index in [4.69, 9.17) is 0 Å². The van der Waals surface area contributed by atoms with Crippen LogP contribution in [0, 0.1) is 22.7 Å². The minimum absolute atomic E-state index is 0.0898. The summed E-state index contributed by atoms with van der Waals surface area (Å²) in [5, 5.41) is 0. The number of rotatable bonds is 3. The molecule has 2 unspecified atom stereocenters. The van der Waals surface area contributed by atoms with Gasteiger partial charge in [0, 0.05) is 0 Å². The second-order valence-electron chi connectivity index (χ2n) is 8.90. The molecule has 136 valence electrons. The van der Waals surface area contributed by atoms with E-state index in [-0.39, 0.29) is 31.1 Å². The van der Waals surface area contributed by atoms with E-state index in [0.717, 1.165) is 6.42 Å². The molecule has 0 saturated heterocycles. The third-order valence-electron chi connectivity index (χ3n) is 6.97. The number of carbonyl (C=O) groups is 1. The Kier molecular flexibility index (Phi) is 3.11. The zero-order chi connectivity index (χ0) is 17.6. The molecule has 0 aliphatic heterocycles. The normalized spacial score (nSPS) is 42.8. The maximum absolute atomic E-state index is 13.7. The molecule has 1 amide bonds. The van der Waals surface area contributed by atoms with Crippen LogP contribution in [0.25, 0.3) is 0 Å². The fraction of sp³-hybridized carbons (Fsp3) is 0.938. The van der Waals surface area contributed by atoms with Gasteiger partial charge in [-0.15, -0.1) is 0 Å². The summed E-state index contributed by atoms with van der Waals surface area (Å²) in [6.45, 7) is 1.57. The summed E-state index contributed by atoms with van der Waals surface area (Å²) in [5.74, 6) is -0.950. The maximum Gasteiger partial charge on any atom is 0.394 e. The summed E-state index contributed by atoms with van der Waals surface area (Å²) in [6.07, 6.45) is -1.93. The summed E-state index contributed by atoms with van der Waals surface area (Å²) in [7, 11) is -3.82. The van der Waals surface area contributed by atoms with Crippen LogP contribution in [0.4, 0.5) is 13.2 Å². The van der Waals surface area contributed by atoms with E-state index >= 15 is 0 Å². The smallest absolute Gasteiger partial charge is 0.273 e. The van der Waals surface area contributed by atoms with Crippen LogP contribution in [0.3, 0.4) is 0 Å². The Hall–Kier alpha value is -0.790. The monoisotopic (exact) mass is 365 g/mol. The molecule has 0 spiro atoms. The van der Waals surface area contributed by atoms with Crippen LogP contribution in [0.15, 0.2) is 0 Å². The van der Waals surface area contributed by atoms with Crippen molar-refractivity contribution in [2.75, 3.05) is 0 Å². The van der Waals surface area contributed by atoms with Gasteiger partial charge in [-0.3, -0.25) is 9.52 Å². The van der Waals surface area contributed by atoms with Gasteiger partial charge < -0.3 is 0 Å². The first-order chi connectivity index (χ1) is 10.9. The second-order valence-corrected chi connectivity index (χ2v) is 11.1. The number of alkyl halides is 3. The van der Waals surface area contributed by atoms with Gasteiger partial charge in [-0.1, -0.05) is 0 Å². The topological polar surface area (TPSA) is 63.2 Å². The van der Waals surface area contributed by atoms with Gasteiger partial charge in [0.2, 0.25) is 15.9 Å². The van der Waals surface area contributed by atoms with Gasteiger partial charge in [0.05, 0.1) is 15.6 Å². The molecule has 5 aliphatic carbocycles. The summed E-state index contributed by atoms with van der Waals surface area (Å²) >= 11 is 0. The number of halogens is 3. The number of carbonyl (C=O) groups excluding carboxylic acids is 1. The zero-order valence-corrected chi connectivity index (χ0v) is 14.4. The number of hydrogen-bond donors (Lipinski definition) is 1. The van der Waals surface area contributed by atoms with Gasteiger partial charge in [-0.2, -0.15) is 13.2 Å². The summed E-state index contributed by atoms with van der Waals surface area (Å²) in [4.78, 5) is 12.8. The zero-order valence-electron chi connectivity index (χ0n) is 13.6. The predicted octanol–water partition coefficient (Wildman–Crippen LogP) is 3.13. The highest BCUT2D eigenvalue weighted by atomic mass is 32.2. The van der Waals surface area contributed by atoms with Crippen molar-refractivity contribution in [3.63, 3.8) is 0 Å². The van der Waals surface area contributed by atoms with Crippen LogP contribution in [0.2, 0.25) is 0 Å². The Morgan fingerprint density at radius 1 is 1.08 bits per heavy atom. The van der Waals surface area contributed by atoms with Gasteiger partial charge in [0.1, 0.15) is 0 Å². The van der Waals surface area contributed by atoms with Crippen LogP contribution in [0.1, 0.15) is 58.3 Å². The second kappa shape index (κ2) is 4.48. The average Bonchev–Trinajstić information content (AvgIpc) is 3.15. The first-order valence-corrected chi connectivity index (χ1v) is 10.0. The number of sulfonamides is 1. The highest BCUT2D eigenvalue weighted by molar-refractivity contribution is 7.91. The fourth-order valence-electron chi connectivity index (χ4n) is 5.66. The average molecular weight is 365 g/mol. The lowest BCUT2D eigenvalue weighted by molar-refractivity contribution is -0.283. The quantitative estimate of drug-likeness (QED) is 0.836. The molecule has 8 heteroatoms. The van der Waals surface area contributed by atoms with Gasteiger partial charge in [-0.25, -0.2) is 8.42 Å². The van der Waals surface area contributed by atoms with E-state index in [0.29, 0.717) is 25.7 Å². The first kappa shape index (κ1) is 16.7. The lowest BCUT2D eigenvalue weighted by atomic mass is 9.43. The summed E-state index contributed by atoms with van der Waals surface area (Å²) in [6, 6.07) is 0. The minimum Gasteiger partial charge on any atom is -0.273 e. The molecule has 24 heavy (non-hydrogen) atoms. The van der Waals surface area contributed by atoms with Crippen molar-refractivity contribution in [1.82, 2.24) is 4.72 Å². The summed E-state index contributed by atoms with van der Waals surface area (Å²) < 4.78 is 67.0. The Bertz CT molecular complexity index is 682. The van der Waals surface area contributed by atoms with Crippen LogP contribution in [-0.2, 0) is 14.8 Å². The molecule has 5 aliphatic rings. The highest BCUT2D eigenvalue weighted by Gasteiger charge is 2.69. The molecule has 5 fully saturated rings. The molecule has 5 saturated carbocycles. The molecule has 0 heterocycles. The molecule has 0 radical (unpaired) electrons. The lowest BCUT2D eigenvalue weighted by Crippen LogP contribution is -2.62. The molecule has 0 aromatic heterocycles. The first-order valence-electron chi connectivity index (χ1n) is 8.54. The molecule has 2 atom stereocenters. The minimum atomic E-state index is -4.34. The third-order valence-corrected chi connectivity index (χ3v) is 9.13.